The molecular weight excluding hydrogens is 238 g/mol. The zero-order valence-electron chi connectivity index (χ0n) is 11.6. The largest absolute Gasteiger partial charge is 0.385 e. The van der Waals surface area contributed by atoms with Crippen molar-refractivity contribution in [1.82, 2.24) is 4.90 Å². The van der Waals surface area contributed by atoms with Crippen molar-refractivity contribution in [3.05, 3.63) is 35.9 Å². The molecular formula is C15H21N3O. The van der Waals surface area contributed by atoms with Gasteiger partial charge in [0.1, 0.15) is 5.84 Å². The quantitative estimate of drug-likeness (QED) is 0.883. The number of aliphatic imine (C=N–C) groups is 1. The summed E-state index contributed by atoms with van der Waals surface area (Å²) in [5.41, 5.74) is 6.79. The number of hydrogen-bond donors (Lipinski definition) is 1. The Morgan fingerprint density at radius 1 is 1.32 bits per heavy atom. The summed E-state index contributed by atoms with van der Waals surface area (Å²) in [6.07, 6.45) is 2.61. The van der Waals surface area contributed by atoms with E-state index in [0.29, 0.717) is 12.4 Å². The molecule has 0 radical (unpaired) electrons. The van der Waals surface area contributed by atoms with Gasteiger partial charge < -0.3 is 10.6 Å². The molecule has 0 saturated heterocycles. The van der Waals surface area contributed by atoms with Crippen LogP contribution in [0.4, 0.5) is 4.79 Å². The van der Waals surface area contributed by atoms with Crippen LogP contribution in [0.2, 0.25) is 0 Å². The minimum absolute atomic E-state index is 0.199. The Morgan fingerprint density at radius 2 is 2.00 bits per heavy atom. The number of carbonyl (C=O) groups is 1. The minimum atomic E-state index is -0.442. The van der Waals surface area contributed by atoms with Crippen LogP contribution in [0.5, 0.6) is 0 Å². The zero-order chi connectivity index (χ0) is 13.9. The molecule has 1 aromatic carbocycles. The number of carbonyl (C=O) groups excluding carboxylic acids is 1. The predicted octanol–water partition coefficient (Wildman–Crippen LogP) is 2.58. The van der Waals surface area contributed by atoms with Crippen LogP contribution in [0.25, 0.3) is 0 Å². The molecule has 19 heavy (non-hydrogen) atoms. The molecule has 2 rings (SSSR count). The SMILES string of the molecule is CCCN1C(=O)N=C(N)C1(C)CCc1ccccc1. The van der Waals surface area contributed by atoms with E-state index in [9.17, 15) is 4.79 Å². The summed E-state index contributed by atoms with van der Waals surface area (Å²) >= 11 is 0. The third kappa shape index (κ3) is 2.62. The highest BCUT2D eigenvalue weighted by Gasteiger charge is 2.43. The van der Waals surface area contributed by atoms with Crippen LogP contribution in [0, 0.1) is 0 Å². The fourth-order valence-corrected chi connectivity index (χ4v) is 2.49. The second-order valence-electron chi connectivity index (χ2n) is 5.19. The Hall–Kier alpha value is -1.84. The first-order valence-corrected chi connectivity index (χ1v) is 6.78. The van der Waals surface area contributed by atoms with Gasteiger partial charge in [0, 0.05) is 6.54 Å². The van der Waals surface area contributed by atoms with Gasteiger partial charge in [-0.2, -0.15) is 4.99 Å². The zero-order valence-corrected chi connectivity index (χ0v) is 11.6. The second kappa shape index (κ2) is 5.43. The van der Waals surface area contributed by atoms with Crippen LogP contribution >= 0.6 is 0 Å². The van der Waals surface area contributed by atoms with Gasteiger partial charge in [0.2, 0.25) is 0 Å². The highest BCUT2D eigenvalue weighted by atomic mass is 16.2. The fourth-order valence-electron chi connectivity index (χ4n) is 2.49. The molecule has 0 saturated carbocycles. The van der Waals surface area contributed by atoms with Crippen molar-refractivity contribution >= 4 is 11.9 Å². The summed E-state index contributed by atoms with van der Waals surface area (Å²) in [6, 6.07) is 10.0. The Labute approximate surface area is 114 Å². The van der Waals surface area contributed by atoms with Crippen LogP contribution in [0.1, 0.15) is 32.3 Å². The van der Waals surface area contributed by atoms with Gasteiger partial charge in [-0.15, -0.1) is 0 Å². The van der Waals surface area contributed by atoms with E-state index in [1.165, 1.54) is 5.56 Å². The maximum atomic E-state index is 11.9. The van der Waals surface area contributed by atoms with Gasteiger partial charge >= 0.3 is 6.03 Å². The van der Waals surface area contributed by atoms with Crippen molar-refractivity contribution in [3.63, 3.8) is 0 Å². The standard InChI is InChI=1S/C15H21N3O/c1-3-11-18-14(19)17-13(16)15(18,2)10-9-12-7-5-4-6-8-12/h4-8H,3,9-11H2,1-2H3,(H2,16,17,19). The van der Waals surface area contributed by atoms with E-state index in [1.807, 2.05) is 25.1 Å². The van der Waals surface area contributed by atoms with Crippen LogP contribution in [-0.4, -0.2) is 28.9 Å². The van der Waals surface area contributed by atoms with E-state index in [0.717, 1.165) is 19.3 Å². The molecule has 0 aromatic heterocycles. The first-order valence-electron chi connectivity index (χ1n) is 6.78. The molecule has 0 fully saturated rings. The lowest BCUT2D eigenvalue weighted by atomic mass is 9.91. The molecule has 2 amide bonds. The second-order valence-corrected chi connectivity index (χ2v) is 5.19. The highest BCUT2D eigenvalue weighted by Crippen LogP contribution is 2.28. The summed E-state index contributed by atoms with van der Waals surface area (Å²) in [5, 5.41) is 0. The average Bonchev–Trinajstić information content (AvgIpc) is 2.62. The molecule has 1 heterocycles. The minimum Gasteiger partial charge on any atom is -0.385 e. The van der Waals surface area contributed by atoms with Crippen molar-refractivity contribution in [2.24, 2.45) is 10.7 Å². The molecule has 0 bridgehead atoms. The third-order valence-electron chi connectivity index (χ3n) is 3.79. The smallest absolute Gasteiger partial charge is 0.346 e. The van der Waals surface area contributed by atoms with Crippen molar-refractivity contribution in [3.8, 4) is 0 Å². The molecule has 1 atom stereocenters. The summed E-state index contributed by atoms with van der Waals surface area (Å²) in [5.74, 6) is 0.446. The van der Waals surface area contributed by atoms with Gasteiger partial charge in [0.15, 0.2) is 0 Å². The highest BCUT2D eigenvalue weighted by molar-refractivity contribution is 6.05. The van der Waals surface area contributed by atoms with Crippen LogP contribution in [0.3, 0.4) is 0 Å². The first-order chi connectivity index (χ1) is 9.08. The van der Waals surface area contributed by atoms with Gasteiger partial charge in [-0.05, 0) is 31.7 Å². The number of nitrogens with zero attached hydrogens (tertiary/aromatic N) is 2. The van der Waals surface area contributed by atoms with Crippen LogP contribution in [0.15, 0.2) is 35.3 Å². The van der Waals surface area contributed by atoms with E-state index in [-0.39, 0.29) is 6.03 Å². The van der Waals surface area contributed by atoms with E-state index in [1.54, 1.807) is 4.90 Å². The van der Waals surface area contributed by atoms with Crippen molar-refractivity contribution in [2.75, 3.05) is 6.54 Å². The summed E-state index contributed by atoms with van der Waals surface area (Å²) < 4.78 is 0. The van der Waals surface area contributed by atoms with Crippen molar-refractivity contribution < 1.29 is 4.79 Å². The van der Waals surface area contributed by atoms with E-state index in [4.69, 9.17) is 5.73 Å². The molecule has 0 aliphatic carbocycles. The van der Waals surface area contributed by atoms with Gasteiger partial charge in [0.05, 0.1) is 5.54 Å². The first kappa shape index (κ1) is 13.6. The maximum Gasteiger partial charge on any atom is 0.346 e. The monoisotopic (exact) mass is 259 g/mol. The maximum absolute atomic E-state index is 11.9. The number of hydrogen-bond acceptors (Lipinski definition) is 2. The molecule has 1 aliphatic rings. The molecule has 4 nitrogen and oxygen atoms in total. The molecule has 102 valence electrons. The molecule has 1 unspecified atom stereocenters. The molecule has 0 spiro atoms. The summed E-state index contributed by atoms with van der Waals surface area (Å²) in [6.45, 7) is 4.77. The fraction of sp³-hybridized carbons (Fsp3) is 0.467. The lowest BCUT2D eigenvalue weighted by Crippen LogP contribution is -2.52. The Balaban J connectivity index is 2.11. The molecule has 1 aliphatic heterocycles. The number of amides is 2. The number of urea groups is 1. The molecule has 1 aromatic rings. The van der Waals surface area contributed by atoms with Gasteiger partial charge in [0.25, 0.3) is 0 Å². The Bertz CT molecular complexity index is 483. The summed E-state index contributed by atoms with van der Waals surface area (Å²) in [4.78, 5) is 17.6. The normalized spacial score (nSPS) is 22.7. The molecule has 2 N–H and O–H groups in total. The average molecular weight is 259 g/mol. The van der Waals surface area contributed by atoms with Gasteiger partial charge in [-0.3, -0.25) is 0 Å². The Morgan fingerprint density at radius 3 is 2.63 bits per heavy atom. The third-order valence-corrected chi connectivity index (χ3v) is 3.79. The predicted molar refractivity (Wildman–Crippen MR) is 77.2 cm³/mol. The van der Waals surface area contributed by atoms with E-state index >= 15 is 0 Å². The molecule has 4 heteroatoms. The van der Waals surface area contributed by atoms with Crippen molar-refractivity contribution in [2.45, 2.75) is 38.6 Å². The van der Waals surface area contributed by atoms with Crippen molar-refractivity contribution in [1.29, 1.82) is 0 Å². The lowest BCUT2D eigenvalue weighted by molar-refractivity contribution is 0.173. The lowest BCUT2D eigenvalue weighted by Gasteiger charge is -2.34. The number of rotatable bonds is 5. The summed E-state index contributed by atoms with van der Waals surface area (Å²) in [7, 11) is 0. The van der Waals surface area contributed by atoms with Crippen LogP contribution < -0.4 is 5.73 Å². The number of amidine groups is 1. The Kier molecular flexibility index (Phi) is 3.88. The topological polar surface area (TPSA) is 58.7 Å². The van der Waals surface area contributed by atoms with E-state index in [2.05, 4.69) is 24.0 Å². The van der Waals surface area contributed by atoms with E-state index < -0.39 is 5.54 Å². The number of nitrogens with two attached hydrogens (primary N) is 1. The van der Waals surface area contributed by atoms with Gasteiger partial charge in [-0.25, -0.2) is 4.79 Å². The van der Waals surface area contributed by atoms with Crippen LogP contribution in [-0.2, 0) is 6.42 Å². The number of aryl methyl sites for hydroxylation is 1. The number of benzene rings is 1. The van der Waals surface area contributed by atoms with Gasteiger partial charge in [-0.1, -0.05) is 37.3 Å².